The van der Waals surface area contributed by atoms with Crippen LogP contribution in [0.2, 0.25) is 0 Å². The molecule has 0 bridgehead atoms. The fourth-order valence-electron chi connectivity index (χ4n) is 1.58. The second-order valence-corrected chi connectivity index (χ2v) is 3.44. The summed E-state index contributed by atoms with van der Waals surface area (Å²) < 4.78 is 5.59. The van der Waals surface area contributed by atoms with Gasteiger partial charge in [0.1, 0.15) is 6.33 Å². The second kappa shape index (κ2) is 5.02. The zero-order chi connectivity index (χ0) is 9.64. The minimum atomic E-state index is 0.346. The Balaban J connectivity index is 1.76. The van der Waals surface area contributed by atoms with Crippen molar-refractivity contribution in [3.63, 3.8) is 0 Å². The number of nitrogens with zero attached hydrogens (tertiary/aromatic N) is 2. The Morgan fingerprint density at radius 3 is 3.29 bits per heavy atom. The normalized spacial score (nSPS) is 22.1. The molecule has 76 valence electrons. The molecule has 1 aliphatic heterocycles. The lowest BCUT2D eigenvalue weighted by atomic mass is 10.1. The van der Waals surface area contributed by atoms with Gasteiger partial charge >= 0.3 is 0 Å². The predicted molar refractivity (Wildman–Crippen MR) is 53.0 cm³/mol. The molecule has 0 radical (unpaired) electrons. The van der Waals surface area contributed by atoms with E-state index < -0.39 is 0 Å². The summed E-state index contributed by atoms with van der Waals surface area (Å²) in [6.45, 7) is 2.77. The van der Waals surface area contributed by atoms with Gasteiger partial charge in [0.15, 0.2) is 0 Å². The maximum atomic E-state index is 5.59. The molecule has 0 amide bonds. The van der Waals surface area contributed by atoms with Gasteiger partial charge in [0.05, 0.1) is 12.7 Å². The summed E-state index contributed by atoms with van der Waals surface area (Å²) in [5.74, 6) is 0. The van der Waals surface area contributed by atoms with Crippen molar-refractivity contribution in [1.82, 2.24) is 15.3 Å². The van der Waals surface area contributed by atoms with E-state index in [1.807, 2.05) is 6.07 Å². The number of aryl methyl sites for hydroxylation is 1. The van der Waals surface area contributed by atoms with Gasteiger partial charge in [-0.25, -0.2) is 9.97 Å². The Hall–Kier alpha value is -1.00. The van der Waals surface area contributed by atoms with Crippen molar-refractivity contribution < 1.29 is 4.74 Å². The molecule has 1 saturated heterocycles. The quantitative estimate of drug-likeness (QED) is 0.754. The molecule has 1 aliphatic rings. The average molecular weight is 193 g/mol. The zero-order valence-corrected chi connectivity index (χ0v) is 8.15. The fraction of sp³-hybridized carbons (Fsp3) is 0.600. The van der Waals surface area contributed by atoms with Crippen molar-refractivity contribution in [2.75, 3.05) is 19.7 Å². The van der Waals surface area contributed by atoms with Crippen LogP contribution in [-0.4, -0.2) is 35.8 Å². The fourth-order valence-corrected chi connectivity index (χ4v) is 1.58. The lowest BCUT2D eigenvalue weighted by Crippen LogP contribution is -2.38. The van der Waals surface area contributed by atoms with E-state index in [1.165, 1.54) is 0 Å². The Kier molecular flexibility index (Phi) is 3.43. The van der Waals surface area contributed by atoms with Crippen LogP contribution in [0.4, 0.5) is 0 Å². The molecule has 0 saturated carbocycles. The summed E-state index contributed by atoms with van der Waals surface area (Å²) in [7, 11) is 0. The van der Waals surface area contributed by atoms with Gasteiger partial charge in [0.2, 0.25) is 0 Å². The van der Waals surface area contributed by atoms with Gasteiger partial charge in [-0.2, -0.15) is 0 Å². The Bertz CT molecular complexity index is 259. The molecular weight excluding hydrogens is 178 g/mol. The molecule has 2 rings (SSSR count). The Labute approximate surface area is 83.7 Å². The van der Waals surface area contributed by atoms with Crippen molar-refractivity contribution in [3.8, 4) is 0 Å². The van der Waals surface area contributed by atoms with E-state index in [4.69, 9.17) is 4.74 Å². The molecule has 14 heavy (non-hydrogen) atoms. The minimum Gasteiger partial charge on any atom is -0.376 e. The summed E-state index contributed by atoms with van der Waals surface area (Å²) in [5.41, 5.74) is 1.09. The first kappa shape index (κ1) is 9.55. The van der Waals surface area contributed by atoms with Gasteiger partial charge in [-0.1, -0.05) is 0 Å². The Morgan fingerprint density at radius 2 is 2.57 bits per heavy atom. The highest BCUT2D eigenvalue weighted by Crippen LogP contribution is 2.05. The molecule has 1 unspecified atom stereocenters. The van der Waals surface area contributed by atoms with Crippen LogP contribution in [-0.2, 0) is 11.2 Å². The first-order valence-electron chi connectivity index (χ1n) is 5.02. The molecule has 1 fully saturated rings. The van der Waals surface area contributed by atoms with E-state index in [2.05, 4.69) is 15.3 Å². The smallest absolute Gasteiger partial charge is 0.115 e. The number of aromatic nitrogens is 2. The van der Waals surface area contributed by atoms with Gasteiger partial charge in [-0.05, 0) is 18.9 Å². The standard InChI is InChI=1S/C10H15N3O/c1(9-3-4-12-8-13-9)2-10-7-11-5-6-14-10/h3-4,8,10-11H,1-2,5-7H2. The number of hydrogen-bond acceptors (Lipinski definition) is 4. The van der Waals surface area contributed by atoms with Crippen LogP contribution in [0.15, 0.2) is 18.6 Å². The molecule has 4 heteroatoms. The van der Waals surface area contributed by atoms with E-state index in [0.29, 0.717) is 6.10 Å². The molecule has 1 atom stereocenters. The van der Waals surface area contributed by atoms with Gasteiger partial charge < -0.3 is 10.1 Å². The highest BCUT2D eigenvalue weighted by atomic mass is 16.5. The van der Waals surface area contributed by atoms with Crippen molar-refractivity contribution in [2.24, 2.45) is 0 Å². The van der Waals surface area contributed by atoms with Crippen LogP contribution >= 0.6 is 0 Å². The third-order valence-electron chi connectivity index (χ3n) is 2.37. The average Bonchev–Trinajstić information content (AvgIpc) is 2.29. The molecule has 0 aliphatic carbocycles. The molecule has 1 aromatic rings. The van der Waals surface area contributed by atoms with E-state index in [-0.39, 0.29) is 0 Å². The zero-order valence-electron chi connectivity index (χ0n) is 8.15. The van der Waals surface area contributed by atoms with Gasteiger partial charge in [-0.3, -0.25) is 0 Å². The van der Waals surface area contributed by atoms with Crippen molar-refractivity contribution in [3.05, 3.63) is 24.3 Å². The predicted octanol–water partition coefficient (Wildman–Crippen LogP) is 0.398. The first-order chi connectivity index (χ1) is 6.95. The molecule has 0 spiro atoms. The molecule has 0 aromatic carbocycles. The molecule has 1 aromatic heterocycles. The van der Waals surface area contributed by atoms with E-state index in [0.717, 1.165) is 38.2 Å². The summed E-state index contributed by atoms with van der Waals surface area (Å²) in [4.78, 5) is 8.06. The van der Waals surface area contributed by atoms with Crippen LogP contribution in [0.3, 0.4) is 0 Å². The van der Waals surface area contributed by atoms with Crippen molar-refractivity contribution >= 4 is 0 Å². The van der Waals surface area contributed by atoms with Crippen LogP contribution in [0.25, 0.3) is 0 Å². The maximum Gasteiger partial charge on any atom is 0.115 e. The highest BCUT2D eigenvalue weighted by molar-refractivity contribution is 4.98. The third kappa shape index (κ3) is 2.75. The van der Waals surface area contributed by atoms with E-state index in [9.17, 15) is 0 Å². The second-order valence-electron chi connectivity index (χ2n) is 3.44. The Morgan fingerprint density at radius 1 is 1.57 bits per heavy atom. The van der Waals surface area contributed by atoms with Gasteiger partial charge in [-0.15, -0.1) is 0 Å². The number of nitrogens with one attached hydrogen (secondary N) is 1. The largest absolute Gasteiger partial charge is 0.376 e. The first-order valence-corrected chi connectivity index (χ1v) is 5.02. The minimum absolute atomic E-state index is 0.346. The van der Waals surface area contributed by atoms with Crippen molar-refractivity contribution in [1.29, 1.82) is 0 Å². The third-order valence-corrected chi connectivity index (χ3v) is 2.37. The number of hydrogen-bond donors (Lipinski definition) is 1. The van der Waals surface area contributed by atoms with Crippen LogP contribution in [0.1, 0.15) is 12.1 Å². The van der Waals surface area contributed by atoms with E-state index in [1.54, 1.807) is 12.5 Å². The summed E-state index contributed by atoms with van der Waals surface area (Å²) in [6, 6.07) is 1.95. The highest BCUT2D eigenvalue weighted by Gasteiger charge is 2.12. The number of rotatable bonds is 3. The van der Waals surface area contributed by atoms with Crippen LogP contribution in [0.5, 0.6) is 0 Å². The topological polar surface area (TPSA) is 47.0 Å². The molecular formula is C10H15N3O. The number of ether oxygens (including phenoxy) is 1. The van der Waals surface area contributed by atoms with Crippen LogP contribution in [0, 0.1) is 0 Å². The number of morpholine rings is 1. The van der Waals surface area contributed by atoms with Crippen LogP contribution < -0.4 is 5.32 Å². The van der Waals surface area contributed by atoms with Gasteiger partial charge in [0.25, 0.3) is 0 Å². The molecule has 2 heterocycles. The van der Waals surface area contributed by atoms with E-state index >= 15 is 0 Å². The monoisotopic (exact) mass is 193 g/mol. The molecule has 1 N–H and O–H groups in total. The lowest BCUT2D eigenvalue weighted by molar-refractivity contribution is 0.0237. The summed E-state index contributed by atoms with van der Waals surface area (Å²) >= 11 is 0. The SMILES string of the molecule is c1cc(CCC2CNCCO2)ncn1. The molecule has 4 nitrogen and oxygen atoms in total. The van der Waals surface area contributed by atoms with Crippen molar-refractivity contribution in [2.45, 2.75) is 18.9 Å². The van der Waals surface area contributed by atoms with Gasteiger partial charge in [0, 0.05) is 25.0 Å². The summed E-state index contributed by atoms with van der Waals surface area (Å²) in [5, 5.41) is 3.31. The lowest BCUT2D eigenvalue weighted by Gasteiger charge is -2.23. The maximum absolute atomic E-state index is 5.59. The summed E-state index contributed by atoms with van der Waals surface area (Å²) in [6.07, 6.45) is 5.72.